The summed E-state index contributed by atoms with van der Waals surface area (Å²) < 4.78 is 0. The zero-order valence-electron chi connectivity index (χ0n) is 53.6. The van der Waals surface area contributed by atoms with Crippen molar-refractivity contribution in [2.45, 2.75) is 242 Å². The van der Waals surface area contributed by atoms with E-state index in [0.717, 1.165) is 0 Å². The molecule has 0 spiro atoms. The van der Waals surface area contributed by atoms with Gasteiger partial charge in [0.25, 0.3) is 0 Å². The van der Waals surface area contributed by atoms with Crippen molar-refractivity contribution in [3.05, 3.63) is 131 Å². The van der Waals surface area contributed by atoms with Crippen LogP contribution < -0.4 is 0 Å². The molecule has 0 aromatic rings. The van der Waals surface area contributed by atoms with Crippen LogP contribution in [-0.2, 0) is 70.8 Å². The molecule has 12 bridgehead atoms. The van der Waals surface area contributed by atoms with Crippen molar-refractivity contribution in [2.75, 3.05) is 0 Å². The predicted octanol–water partition coefficient (Wildman–Crippen LogP) is 23.8. The molecule has 0 nitrogen and oxygen atoms in total. The van der Waals surface area contributed by atoms with Gasteiger partial charge in [-0.3, -0.25) is 0 Å². The van der Waals surface area contributed by atoms with Crippen LogP contribution in [0.3, 0.4) is 0 Å². The first kappa shape index (κ1) is 61.9. The van der Waals surface area contributed by atoms with E-state index in [2.05, 4.69) is 208 Å². The Balaban J connectivity index is 0.000000132. The third-order valence-corrected chi connectivity index (χ3v) is 68.1. The van der Waals surface area contributed by atoms with Crippen LogP contribution in [0.15, 0.2) is 131 Å². The fraction of sp³-hybridized carbons (Fsp3) is 0.636. The second-order valence-corrected chi connectivity index (χ2v) is 57.9. The van der Waals surface area contributed by atoms with Crippen molar-refractivity contribution < 1.29 is 0 Å². The summed E-state index contributed by atoms with van der Waals surface area (Å²) in [6.07, 6.45) is 0. The molecule has 12 rings (SSSR count). The van der Waals surface area contributed by atoms with Crippen LogP contribution in [0.5, 0.6) is 0 Å². The fourth-order valence-corrected chi connectivity index (χ4v) is 60.9. The smallest absolute Gasteiger partial charge is 0.0181 e. The van der Waals surface area contributed by atoms with Crippen LogP contribution in [0.25, 0.3) is 0 Å². The molecule has 0 saturated carbocycles. The Morgan fingerprint density at radius 1 is 0.205 bits per heavy atom. The van der Waals surface area contributed by atoms with E-state index in [-0.39, 0.29) is 32.5 Å². The highest BCUT2D eigenvalue weighted by Gasteiger charge is 2.69. The summed E-state index contributed by atoms with van der Waals surface area (Å²) in [4.78, 5) is 0. The summed E-state index contributed by atoms with van der Waals surface area (Å²) in [5.74, 6) is 0. The summed E-state index contributed by atoms with van der Waals surface area (Å²) >= 11 is 39.7. The molecule has 0 radical (unpaired) electrons. The van der Waals surface area contributed by atoms with Crippen LogP contribution in [0.2, 0.25) is 0 Å². The Bertz CT molecular complexity index is 3200. The molecule has 12 heteroatoms. The lowest BCUT2D eigenvalue weighted by Crippen LogP contribution is -2.24. The number of hydrogen-bond donors (Lipinski definition) is 0. The van der Waals surface area contributed by atoms with Gasteiger partial charge in [0, 0.05) is 103 Å². The second-order valence-electron chi connectivity index (χ2n) is 28.3. The maximum atomic E-state index is 6.62. The van der Waals surface area contributed by atoms with Crippen molar-refractivity contribution in [1.29, 1.82) is 0 Å². The third-order valence-electron chi connectivity index (χ3n) is 28.7. The highest BCUT2D eigenvalue weighted by Crippen LogP contribution is 2.95. The first-order chi connectivity index (χ1) is 35.2. The zero-order valence-corrected chi connectivity index (χ0v) is 63.9. The third kappa shape index (κ3) is 5.76. The highest BCUT2D eigenvalue weighted by molar-refractivity contribution is 8.24. The Morgan fingerprint density at radius 3 is 0.372 bits per heavy atom. The minimum Gasteiger partial charge on any atom is -0.0876 e. The number of allylic oxidation sites excluding steroid dienone is 24. The molecular formula is C66H96P6S6. The van der Waals surface area contributed by atoms with Gasteiger partial charge in [-0.15, -0.1) is 0 Å². The van der Waals surface area contributed by atoms with Crippen molar-refractivity contribution in [3.63, 3.8) is 0 Å². The van der Waals surface area contributed by atoms with Crippen LogP contribution in [0.4, 0.5) is 0 Å². The Kier molecular flexibility index (Phi) is 13.7. The van der Waals surface area contributed by atoms with Crippen molar-refractivity contribution in [3.8, 4) is 0 Å². The lowest BCUT2D eigenvalue weighted by molar-refractivity contribution is 0.485. The maximum absolute atomic E-state index is 6.62. The first-order valence-corrected chi connectivity index (χ1v) is 46.5. The summed E-state index contributed by atoms with van der Waals surface area (Å²) in [5, 5.41) is 18.7. The highest BCUT2D eigenvalue weighted by atomic mass is 32.5. The second kappa shape index (κ2) is 17.3. The Labute approximate surface area is 507 Å². The van der Waals surface area contributed by atoms with Crippen LogP contribution in [-0.4, -0.2) is 34.0 Å². The maximum Gasteiger partial charge on any atom is 0.0181 e. The van der Waals surface area contributed by atoms with Gasteiger partial charge in [-0.2, -0.15) is 0 Å². The number of hydrogen-bond acceptors (Lipinski definition) is 6. The Morgan fingerprint density at radius 2 is 0.295 bits per heavy atom. The summed E-state index contributed by atoms with van der Waals surface area (Å²) in [6.45, 7) is 71.5. The quantitative estimate of drug-likeness (QED) is 0.257. The van der Waals surface area contributed by atoms with Crippen LogP contribution in [0, 0.1) is 32.5 Å². The zero-order chi connectivity index (χ0) is 59.3. The number of fused-ring (bicyclic) bond motifs is 12. The van der Waals surface area contributed by atoms with Gasteiger partial charge in [0.15, 0.2) is 0 Å². The van der Waals surface area contributed by atoms with Gasteiger partial charge in [-0.1, -0.05) is 221 Å². The fourth-order valence-electron chi connectivity index (χ4n) is 20.3. The van der Waals surface area contributed by atoms with E-state index in [0.29, 0.717) is 34.0 Å². The molecule has 0 aromatic heterocycles. The standard InChI is InChI=1S/3C22H32P2S2/c3*1-11-15(5)23(25)17(7)21(11,9)13(3)19(23)20-14(4)22(10)12(2)16(6)24(20,26)18(22)8/h3*17-18H,1-10H3/t17?,18?,21-,22+,23+,24-;2*17?,18?,21-,22-,23+,24+/m.10/s1. The topological polar surface area (TPSA) is 0 Å². The lowest BCUT2D eigenvalue weighted by Gasteiger charge is -2.34. The largest absolute Gasteiger partial charge is 0.0876 e. The molecular weight excluding hydrogens is 1170 g/mol. The molecule has 0 aliphatic carbocycles. The Hall–Kier alpha value is 0.780. The van der Waals surface area contributed by atoms with E-state index in [1.165, 1.54) is 31.9 Å². The number of rotatable bonds is 3. The minimum atomic E-state index is -1.74. The van der Waals surface area contributed by atoms with Gasteiger partial charge in [0.1, 0.15) is 0 Å². The van der Waals surface area contributed by atoms with Gasteiger partial charge in [0.2, 0.25) is 0 Å². The molecule has 0 aromatic carbocycles. The van der Waals surface area contributed by atoms with Crippen molar-refractivity contribution in [1.82, 2.24) is 0 Å². The van der Waals surface area contributed by atoms with Gasteiger partial charge < -0.3 is 0 Å². The molecule has 6 unspecified atom stereocenters. The first-order valence-electron chi connectivity index (χ1n) is 29.3. The normalized spacial score (nSPS) is 50.2. The van der Waals surface area contributed by atoms with Crippen LogP contribution in [0.1, 0.15) is 208 Å². The lowest BCUT2D eigenvalue weighted by atomic mass is 9.72. The molecule has 12 heterocycles. The molecule has 0 N–H and O–H groups in total. The molecule has 18 atom stereocenters. The summed E-state index contributed by atoms with van der Waals surface area (Å²) in [7, 11) is 0. The van der Waals surface area contributed by atoms with Gasteiger partial charge in [-0.25, -0.2) is 0 Å². The van der Waals surface area contributed by atoms with E-state index in [1.807, 2.05) is 0 Å². The minimum absolute atomic E-state index is 0.149. The molecule has 12 aliphatic heterocycles. The molecule has 12 aliphatic rings. The molecule has 426 valence electrons. The van der Waals surface area contributed by atoms with E-state index in [1.54, 1.807) is 98.8 Å². The molecule has 0 amide bonds. The van der Waals surface area contributed by atoms with Crippen LogP contribution >= 0.6 is 36.2 Å². The van der Waals surface area contributed by atoms with E-state index in [9.17, 15) is 0 Å². The summed E-state index contributed by atoms with van der Waals surface area (Å²) in [5.41, 5.74) is 22.9. The van der Waals surface area contributed by atoms with Gasteiger partial charge >= 0.3 is 0 Å². The average molecular weight is 1270 g/mol. The molecule has 0 saturated heterocycles. The van der Waals surface area contributed by atoms with Gasteiger partial charge in [-0.05, 0) is 188 Å². The SMILES string of the molecule is CC1=C(C)[P@@]2(=S)C(C3=C(C)[C@@]4(C)C(C)=C(C)[P@]3(=S)C4C)=C(C)[C@]1(C)C2C.CC1=C(C)[P@@]2(=S)C(C3=C(C)[C@]4(C)C(C)=C(C)[P@@]3(=S)C4C)=C(C)[C@]1(C)C2C.CC1=C(C)[P@]2(=S)C(C3=C(C)[C@]4(C)C(C)=C(C)[P@@]3(=S)C4C)=C(C)[C@@]1(C)C2C. The van der Waals surface area contributed by atoms with Gasteiger partial charge in [0.05, 0.1) is 0 Å². The monoisotopic (exact) mass is 1270 g/mol. The van der Waals surface area contributed by atoms with E-state index >= 15 is 0 Å². The predicted molar refractivity (Wildman–Crippen MR) is 378 cm³/mol. The molecule has 78 heavy (non-hydrogen) atoms. The van der Waals surface area contributed by atoms with E-state index < -0.39 is 36.2 Å². The van der Waals surface area contributed by atoms with Crippen molar-refractivity contribution in [2.24, 2.45) is 32.5 Å². The van der Waals surface area contributed by atoms with Crippen molar-refractivity contribution >= 4 is 107 Å². The molecule has 0 fully saturated rings. The van der Waals surface area contributed by atoms with E-state index in [4.69, 9.17) is 70.8 Å². The average Bonchev–Trinajstić information content (AvgIpc) is 3.56. The summed E-state index contributed by atoms with van der Waals surface area (Å²) in [6, 6.07) is -10.4.